The molecule has 0 radical (unpaired) electrons. The van der Waals surface area contributed by atoms with Crippen molar-refractivity contribution in [3.8, 4) is 0 Å². The number of anilines is 1. The van der Waals surface area contributed by atoms with Crippen molar-refractivity contribution in [2.24, 2.45) is 5.41 Å². The van der Waals surface area contributed by atoms with Gasteiger partial charge in [0.15, 0.2) is 0 Å². The number of hydrogen-bond acceptors (Lipinski definition) is 3. The zero-order valence-electron chi connectivity index (χ0n) is 10.6. The molecule has 1 aliphatic carbocycles. The molecule has 0 spiro atoms. The molecular weight excluding hydrogens is 296 g/mol. The molecule has 0 aliphatic heterocycles. The Morgan fingerprint density at radius 3 is 2.78 bits per heavy atom. The number of halogens is 1. The van der Waals surface area contributed by atoms with Gasteiger partial charge in [-0.3, -0.25) is 10.1 Å². The highest BCUT2D eigenvalue weighted by atomic mass is 79.9. The number of rotatable bonds is 3. The summed E-state index contributed by atoms with van der Waals surface area (Å²) in [4.78, 5) is 10.7. The lowest BCUT2D eigenvalue weighted by Crippen LogP contribution is -2.31. The van der Waals surface area contributed by atoms with Gasteiger partial charge in [-0.15, -0.1) is 0 Å². The zero-order valence-corrected chi connectivity index (χ0v) is 12.2. The topological polar surface area (TPSA) is 55.2 Å². The summed E-state index contributed by atoms with van der Waals surface area (Å²) in [6.07, 6.45) is 3.40. The normalized spacial score (nSPS) is 21.8. The van der Waals surface area contributed by atoms with Crippen LogP contribution in [0.15, 0.2) is 22.7 Å². The van der Waals surface area contributed by atoms with Crippen LogP contribution in [0.1, 0.15) is 33.1 Å². The Bertz CT molecular complexity index is 474. The van der Waals surface area contributed by atoms with Crippen LogP contribution in [0.3, 0.4) is 0 Å². The molecule has 4 nitrogen and oxygen atoms in total. The van der Waals surface area contributed by atoms with E-state index in [1.165, 1.54) is 12.5 Å². The molecule has 98 valence electrons. The van der Waals surface area contributed by atoms with Crippen molar-refractivity contribution >= 4 is 27.3 Å². The van der Waals surface area contributed by atoms with Crippen molar-refractivity contribution in [3.63, 3.8) is 0 Å². The second kappa shape index (κ2) is 4.88. The molecule has 0 heterocycles. The van der Waals surface area contributed by atoms with E-state index < -0.39 is 0 Å². The fourth-order valence-electron chi connectivity index (χ4n) is 2.57. The fourth-order valence-corrected chi connectivity index (χ4v) is 2.93. The van der Waals surface area contributed by atoms with Crippen LogP contribution in [0.25, 0.3) is 0 Å². The summed E-state index contributed by atoms with van der Waals surface area (Å²) in [5, 5.41) is 14.4. The molecule has 1 atom stereocenters. The first-order valence-corrected chi connectivity index (χ1v) is 6.90. The maximum Gasteiger partial charge on any atom is 0.292 e. The summed E-state index contributed by atoms with van der Waals surface area (Å²) >= 11 is 3.36. The van der Waals surface area contributed by atoms with E-state index in [-0.39, 0.29) is 16.0 Å². The standard InChI is InChI=1S/C13H17BrN2O2/c1-13(2)7-3-4-12(13)15-10-8-9(14)5-6-11(10)16(17)18/h5-6,8,12,15H,3-4,7H2,1-2H3. The Balaban J connectivity index is 2.28. The van der Waals surface area contributed by atoms with Gasteiger partial charge in [-0.1, -0.05) is 36.2 Å². The van der Waals surface area contributed by atoms with Crippen LogP contribution in [0.4, 0.5) is 11.4 Å². The van der Waals surface area contributed by atoms with E-state index in [1.807, 2.05) is 0 Å². The van der Waals surface area contributed by atoms with Gasteiger partial charge in [0.05, 0.1) is 4.92 Å². The second-order valence-electron chi connectivity index (χ2n) is 5.50. The van der Waals surface area contributed by atoms with Crippen molar-refractivity contribution in [2.45, 2.75) is 39.2 Å². The Morgan fingerprint density at radius 1 is 1.50 bits per heavy atom. The van der Waals surface area contributed by atoms with E-state index in [9.17, 15) is 10.1 Å². The number of nitro groups is 1. The van der Waals surface area contributed by atoms with Crippen LogP contribution in [0, 0.1) is 15.5 Å². The quantitative estimate of drug-likeness (QED) is 0.667. The Kier molecular flexibility index (Phi) is 3.61. The van der Waals surface area contributed by atoms with Crippen LogP contribution in [-0.2, 0) is 0 Å². The summed E-state index contributed by atoms with van der Waals surface area (Å²) < 4.78 is 0.853. The lowest BCUT2D eigenvalue weighted by atomic mass is 9.87. The van der Waals surface area contributed by atoms with Crippen molar-refractivity contribution in [3.05, 3.63) is 32.8 Å². The maximum atomic E-state index is 11.0. The van der Waals surface area contributed by atoms with Crippen molar-refractivity contribution in [1.29, 1.82) is 0 Å². The number of nitro benzene ring substituents is 1. The molecule has 0 saturated heterocycles. The minimum Gasteiger partial charge on any atom is -0.376 e. The van der Waals surface area contributed by atoms with Crippen molar-refractivity contribution < 1.29 is 4.92 Å². The van der Waals surface area contributed by atoms with E-state index in [0.717, 1.165) is 17.3 Å². The maximum absolute atomic E-state index is 11.0. The highest BCUT2D eigenvalue weighted by Crippen LogP contribution is 2.40. The number of nitrogens with one attached hydrogen (secondary N) is 1. The van der Waals surface area contributed by atoms with Crippen molar-refractivity contribution in [1.82, 2.24) is 0 Å². The average Bonchev–Trinajstić information content (AvgIpc) is 2.58. The molecule has 1 fully saturated rings. The molecule has 2 rings (SSSR count). The van der Waals surface area contributed by atoms with Crippen molar-refractivity contribution in [2.75, 3.05) is 5.32 Å². The van der Waals surface area contributed by atoms with Gasteiger partial charge >= 0.3 is 0 Å². The monoisotopic (exact) mass is 312 g/mol. The van der Waals surface area contributed by atoms with Crippen LogP contribution < -0.4 is 5.32 Å². The molecule has 0 bridgehead atoms. The number of hydrogen-bond donors (Lipinski definition) is 1. The zero-order chi connectivity index (χ0) is 13.3. The summed E-state index contributed by atoms with van der Waals surface area (Å²) in [6, 6.07) is 5.31. The number of benzene rings is 1. The van der Waals surface area contributed by atoms with E-state index in [2.05, 4.69) is 35.1 Å². The van der Waals surface area contributed by atoms with Gasteiger partial charge in [-0.2, -0.15) is 0 Å². The van der Waals surface area contributed by atoms with E-state index in [0.29, 0.717) is 11.7 Å². The summed E-state index contributed by atoms with van der Waals surface area (Å²) in [5.74, 6) is 0. The molecule has 1 N–H and O–H groups in total. The predicted molar refractivity (Wildman–Crippen MR) is 75.8 cm³/mol. The van der Waals surface area contributed by atoms with Gasteiger partial charge in [-0.05, 0) is 30.4 Å². The predicted octanol–water partition coefficient (Wildman–Crippen LogP) is 4.35. The third-order valence-corrected chi connectivity index (χ3v) is 4.24. The van der Waals surface area contributed by atoms with E-state index in [1.54, 1.807) is 12.1 Å². The van der Waals surface area contributed by atoms with E-state index in [4.69, 9.17) is 0 Å². The summed E-state index contributed by atoms with van der Waals surface area (Å²) in [5.41, 5.74) is 0.936. The third kappa shape index (κ3) is 2.66. The first-order chi connectivity index (χ1) is 8.40. The minimum absolute atomic E-state index is 0.140. The van der Waals surface area contributed by atoms with Gasteiger partial charge in [0.25, 0.3) is 5.69 Å². The first kappa shape index (κ1) is 13.3. The minimum atomic E-state index is -0.337. The van der Waals surface area contributed by atoms with Crippen LogP contribution >= 0.6 is 15.9 Å². The Labute approximate surface area is 115 Å². The average molecular weight is 313 g/mol. The molecule has 18 heavy (non-hydrogen) atoms. The highest BCUT2D eigenvalue weighted by molar-refractivity contribution is 9.10. The molecule has 5 heteroatoms. The van der Waals surface area contributed by atoms with Crippen LogP contribution in [-0.4, -0.2) is 11.0 Å². The van der Waals surface area contributed by atoms with Gasteiger partial charge in [0, 0.05) is 16.6 Å². The van der Waals surface area contributed by atoms with Gasteiger partial charge in [0.2, 0.25) is 0 Å². The lowest BCUT2D eigenvalue weighted by molar-refractivity contribution is -0.384. The Hall–Kier alpha value is -1.10. The highest BCUT2D eigenvalue weighted by Gasteiger charge is 2.35. The molecular formula is C13H17BrN2O2. The third-order valence-electron chi connectivity index (χ3n) is 3.74. The molecule has 1 saturated carbocycles. The lowest BCUT2D eigenvalue weighted by Gasteiger charge is -2.28. The molecule has 1 aliphatic rings. The summed E-state index contributed by atoms with van der Waals surface area (Å²) in [6.45, 7) is 4.42. The van der Waals surface area contributed by atoms with Crippen LogP contribution in [0.5, 0.6) is 0 Å². The molecule has 1 unspecified atom stereocenters. The molecule has 1 aromatic rings. The van der Waals surface area contributed by atoms with Gasteiger partial charge < -0.3 is 5.32 Å². The second-order valence-corrected chi connectivity index (χ2v) is 6.41. The molecule has 1 aromatic carbocycles. The summed E-state index contributed by atoms with van der Waals surface area (Å²) in [7, 11) is 0. The largest absolute Gasteiger partial charge is 0.376 e. The smallest absolute Gasteiger partial charge is 0.292 e. The first-order valence-electron chi connectivity index (χ1n) is 6.10. The fraction of sp³-hybridized carbons (Fsp3) is 0.538. The molecule has 0 aromatic heterocycles. The SMILES string of the molecule is CC1(C)CCCC1Nc1cc(Br)ccc1[N+](=O)[O-]. The van der Waals surface area contributed by atoms with Gasteiger partial charge in [-0.25, -0.2) is 0 Å². The van der Waals surface area contributed by atoms with Crippen LogP contribution in [0.2, 0.25) is 0 Å². The van der Waals surface area contributed by atoms with Gasteiger partial charge in [0.1, 0.15) is 5.69 Å². The number of nitrogens with zero attached hydrogens (tertiary/aromatic N) is 1. The Morgan fingerprint density at radius 2 is 2.22 bits per heavy atom. The molecule has 0 amide bonds. The van der Waals surface area contributed by atoms with E-state index >= 15 is 0 Å².